The van der Waals surface area contributed by atoms with Crippen molar-refractivity contribution >= 4 is 11.0 Å². The molecule has 0 amide bonds. The number of fused-ring (bicyclic) bond motifs is 1. The van der Waals surface area contributed by atoms with E-state index in [4.69, 9.17) is 9.72 Å². The van der Waals surface area contributed by atoms with Gasteiger partial charge < -0.3 is 14.4 Å². The monoisotopic (exact) mass is 372 g/mol. The van der Waals surface area contributed by atoms with Crippen molar-refractivity contribution in [1.29, 1.82) is 0 Å². The third kappa shape index (κ3) is 4.24. The zero-order valence-corrected chi connectivity index (χ0v) is 16.0. The molecule has 142 valence electrons. The molecule has 1 atom stereocenters. The Hall–Kier alpha value is -3.11. The molecule has 4 heteroatoms. The maximum absolute atomic E-state index is 10.6. The van der Waals surface area contributed by atoms with Crippen LogP contribution in [-0.2, 0) is 13.0 Å². The van der Waals surface area contributed by atoms with Crippen molar-refractivity contribution in [3.05, 3.63) is 95.8 Å². The Labute approximate surface area is 165 Å². The Morgan fingerprint density at radius 3 is 2.43 bits per heavy atom. The second kappa shape index (κ2) is 8.28. The van der Waals surface area contributed by atoms with Crippen molar-refractivity contribution in [3.63, 3.8) is 0 Å². The minimum Gasteiger partial charge on any atom is -0.491 e. The highest BCUT2D eigenvalue weighted by Gasteiger charge is 2.15. The molecule has 0 spiro atoms. The van der Waals surface area contributed by atoms with Gasteiger partial charge in [-0.25, -0.2) is 4.98 Å². The predicted molar refractivity (Wildman–Crippen MR) is 112 cm³/mol. The number of aliphatic hydroxyl groups excluding tert-OH is 1. The Bertz CT molecular complexity index is 1040. The fourth-order valence-corrected chi connectivity index (χ4v) is 3.33. The number of aromatic nitrogens is 2. The lowest BCUT2D eigenvalue weighted by Crippen LogP contribution is -2.24. The van der Waals surface area contributed by atoms with E-state index >= 15 is 0 Å². The highest BCUT2D eigenvalue weighted by Crippen LogP contribution is 2.20. The molecule has 28 heavy (non-hydrogen) atoms. The van der Waals surface area contributed by atoms with Crippen LogP contribution in [0.5, 0.6) is 5.75 Å². The van der Waals surface area contributed by atoms with Crippen LogP contribution in [-0.4, -0.2) is 27.4 Å². The van der Waals surface area contributed by atoms with Crippen molar-refractivity contribution < 1.29 is 9.84 Å². The number of imidazole rings is 1. The molecule has 1 N–H and O–H groups in total. The zero-order valence-electron chi connectivity index (χ0n) is 16.0. The fourth-order valence-electron chi connectivity index (χ4n) is 3.33. The van der Waals surface area contributed by atoms with Gasteiger partial charge in [0.25, 0.3) is 0 Å². The first-order valence-electron chi connectivity index (χ1n) is 9.54. The second-order valence-corrected chi connectivity index (χ2v) is 7.07. The first-order chi connectivity index (χ1) is 13.7. The average Bonchev–Trinajstić information content (AvgIpc) is 3.05. The number of benzene rings is 3. The Morgan fingerprint density at radius 1 is 0.929 bits per heavy atom. The fraction of sp³-hybridized carbons (Fsp3) is 0.208. The average molecular weight is 372 g/mol. The normalized spacial score (nSPS) is 12.2. The molecule has 0 aliphatic heterocycles. The molecule has 0 aliphatic carbocycles. The van der Waals surface area contributed by atoms with Gasteiger partial charge in [-0.15, -0.1) is 0 Å². The maximum atomic E-state index is 10.6. The van der Waals surface area contributed by atoms with Gasteiger partial charge in [0.2, 0.25) is 0 Å². The number of rotatable bonds is 7. The van der Waals surface area contributed by atoms with Crippen LogP contribution in [0.15, 0.2) is 78.9 Å². The van der Waals surface area contributed by atoms with Gasteiger partial charge in [-0.2, -0.15) is 0 Å². The number of ether oxygens (including phenoxy) is 1. The molecule has 0 saturated carbocycles. The molecule has 4 rings (SSSR count). The summed E-state index contributed by atoms with van der Waals surface area (Å²) in [5, 5.41) is 10.6. The molecule has 0 saturated heterocycles. The molecule has 0 fully saturated rings. The third-order valence-electron chi connectivity index (χ3n) is 4.80. The molecule has 0 bridgehead atoms. The number of hydrogen-bond donors (Lipinski definition) is 1. The van der Waals surface area contributed by atoms with Crippen molar-refractivity contribution in [2.75, 3.05) is 6.61 Å². The molecule has 0 aliphatic rings. The summed E-state index contributed by atoms with van der Waals surface area (Å²) in [6, 6.07) is 26.2. The summed E-state index contributed by atoms with van der Waals surface area (Å²) in [5.41, 5.74) is 4.36. The Morgan fingerprint density at radius 2 is 1.64 bits per heavy atom. The van der Waals surface area contributed by atoms with Crippen LogP contribution in [0.2, 0.25) is 0 Å². The summed E-state index contributed by atoms with van der Waals surface area (Å²) in [6.07, 6.45) is 0.0922. The van der Waals surface area contributed by atoms with E-state index in [1.807, 2.05) is 73.7 Å². The molecule has 0 radical (unpaired) electrons. The summed E-state index contributed by atoms with van der Waals surface area (Å²) in [4.78, 5) is 4.80. The van der Waals surface area contributed by atoms with Gasteiger partial charge >= 0.3 is 0 Å². The first kappa shape index (κ1) is 18.3. The minimum atomic E-state index is -0.631. The van der Waals surface area contributed by atoms with Crippen LogP contribution in [0.25, 0.3) is 11.0 Å². The van der Waals surface area contributed by atoms with Crippen LogP contribution >= 0.6 is 0 Å². The Kier molecular flexibility index (Phi) is 5.40. The molecule has 0 unspecified atom stereocenters. The highest BCUT2D eigenvalue weighted by atomic mass is 16.5. The van der Waals surface area contributed by atoms with E-state index in [0.717, 1.165) is 29.0 Å². The quantitative estimate of drug-likeness (QED) is 0.524. The van der Waals surface area contributed by atoms with Gasteiger partial charge in [-0.3, -0.25) is 0 Å². The number of aryl methyl sites for hydroxylation is 1. The van der Waals surface area contributed by atoms with E-state index in [0.29, 0.717) is 6.54 Å². The highest BCUT2D eigenvalue weighted by molar-refractivity contribution is 5.76. The topological polar surface area (TPSA) is 47.3 Å². The zero-order chi connectivity index (χ0) is 19.3. The lowest BCUT2D eigenvalue weighted by molar-refractivity contribution is 0.0928. The summed E-state index contributed by atoms with van der Waals surface area (Å²) in [6.45, 7) is 2.71. The van der Waals surface area contributed by atoms with Crippen LogP contribution in [0.1, 0.15) is 17.0 Å². The molecule has 3 aromatic carbocycles. The summed E-state index contributed by atoms with van der Waals surface area (Å²) >= 11 is 0. The SMILES string of the molecule is Cc1ccc(OC[C@H](O)Cn2c(Cc3ccccc3)nc3ccccc32)cc1. The summed E-state index contributed by atoms with van der Waals surface area (Å²) in [5.74, 6) is 1.71. The van der Waals surface area contributed by atoms with Crippen molar-refractivity contribution in [3.8, 4) is 5.75 Å². The lowest BCUT2D eigenvalue weighted by Gasteiger charge is -2.16. The molecule has 4 aromatic rings. The number of nitrogens with zero attached hydrogens (tertiary/aromatic N) is 2. The van der Waals surface area contributed by atoms with Gasteiger partial charge in [-0.05, 0) is 36.8 Å². The van der Waals surface area contributed by atoms with Gasteiger partial charge in [0.1, 0.15) is 24.3 Å². The van der Waals surface area contributed by atoms with Crippen molar-refractivity contribution in [2.45, 2.75) is 26.0 Å². The largest absolute Gasteiger partial charge is 0.491 e. The van der Waals surface area contributed by atoms with E-state index in [2.05, 4.69) is 16.7 Å². The lowest BCUT2D eigenvalue weighted by atomic mass is 10.1. The van der Waals surface area contributed by atoms with Gasteiger partial charge in [0.05, 0.1) is 17.6 Å². The van der Waals surface area contributed by atoms with E-state index in [1.54, 1.807) is 0 Å². The van der Waals surface area contributed by atoms with E-state index in [-0.39, 0.29) is 6.61 Å². The van der Waals surface area contributed by atoms with E-state index < -0.39 is 6.10 Å². The number of para-hydroxylation sites is 2. The summed E-state index contributed by atoms with van der Waals surface area (Å²) < 4.78 is 7.86. The number of aliphatic hydroxyl groups is 1. The molecular weight excluding hydrogens is 348 g/mol. The molecule has 4 nitrogen and oxygen atoms in total. The summed E-state index contributed by atoms with van der Waals surface area (Å²) in [7, 11) is 0. The van der Waals surface area contributed by atoms with Crippen molar-refractivity contribution in [1.82, 2.24) is 9.55 Å². The Balaban J connectivity index is 1.52. The molecule has 1 aromatic heterocycles. The van der Waals surface area contributed by atoms with Crippen LogP contribution < -0.4 is 4.74 Å². The number of hydrogen-bond acceptors (Lipinski definition) is 3. The van der Waals surface area contributed by atoms with E-state index in [1.165, 1.54) is 11.1 Å². The van der Waals surface area contributed by atoms with Gasteiger partial charge in [0.15, 0.2) is 0 Å². The predicted octanol–water partition coefficient (Wildman–Crippen LogP) is 4.38. The smallest absolute Gasteiger partial charge is 0.119 e. The van der Waals surface area contributed by atoms with Crippen LogP contribution in [0.3, 0.4) is 0 Å². The maximum Gasteiger partial charge on any atom is 0.119 e. The first-order valence-corrected chi connectivity index (χ1v) is 9.54. The minimum absolute atomic E-state index is 0.236. The van der Waals surface area contributed by atoms with E-state index in [9.17, 15) is 5.11 Å². The molecule has 1 heterocycles. The second-order valence-electron chi connectivity index (χ2n) is 7.07. The molecular formula is C24H24N2O2. The standard InChI is InChI=1S/C24H24N2O2/c1-18-11-13-21(14-12-18)28-17-20(27)16-26-23-10-6-5-9-22(23)25-24(26)15-19-7-3-2-4-8-19/h2-14,20,27H,15-17H2,1H3/t20-/m1/s1. The van der Waals surface area contributed by atoms with Crippen LogP contribution in [0.4, 0.5) is 0 Å². The van der Waals surface area contributed by atoms with Gasteiger partial charge in [0, 0.05) is 6.42 Å². The third-order valence-corrected chi connectivity index (χ3v) is 4.80. The van der Waals surface area contributed by atoms with Crippen LogP contribution in [0, 0.1) is 6.92 Å². The van der Waals surface area contributed by atoms with Gasteiger partial charge in [-0.1, -0.05) is 60.2 Å². The van der Waals surface area contributed by atoms with Crippen molar-refractivity contribution in [2.24, 2.45) is 0 Å².